The van der Waals surface area contributed by atoms with Gasteiger partial charge in [-0.15, -0.1) is 0 Å². The van der Waals surface area contributed by atoms with Crippen molar-refractivity contribution in [1.29, 1.82) is 0 Å². The topological polar surface area (TPSA) is 56.7 Å². The predicted molar refractivity (Wildman–Crippen MR) is 203 cm³/mol. The second-order valence-electron chi connectivity index (χ2n) is 12.4. The van der Waals surface area contributed by atoms with Crippen molar-refractivity contribution < 1.29 is 4.42 Å². The van der Waals surface area contributed by atoms with Gasteiger partial charge in [-0.3, -0.25) is 0 Å². The van der Waals surface area contributed by atoms with Gasteiger partial charge in [0.25, 0.3) is 0 Å². The maximum Gasteiger partial charge on any atom is 0.166 e. The van der Waals surface area contributed by atoms with E-state index in [0.717, 1.165) is 77.2 Å². The van der Waals surface area contributed by atoms with Crippen LogP contribution in [0.4, 0.5) is 0 Å². The van der Waals surface area contributed by atoms with Gasteiger partial charge in [0.1, 0.15) is 11.2 Å². The molecule has 7 aromatic carbocycles. The molecule has 0 spiro atoms. The fourth-order valence-corrected chi connectivity index (χ4v) is 7.17. The lowest BCUT2D eigenvalue weighted by Crippen LogP contribution is -2.02. The molecule has 50 heavy (non-hydrogen) atoms. The van der Waals surface area contributed by atoms with Gasteiger partial charge < -0.3 is 8.98 Å². The molecular weight excluding hydrogens is 613 g/mol. The van der Waals surface area contributed by atoms with Crippen molar-refractivity contribution in [2.45, 2.75) is 0 Å². The van der Waals surface area contributed by atoms with Gasteiger partial charge in [-0.05, 0) is 35.9 Å². The maximum atomic E-state index is 6.55. The minimum atomic E-state index is 0.620. The zero-order chi connectivity index (χ0) is 33.0. The van der Waals surface area contributed by atoms with E-state index in [1.165, 1.54) is 0 Å². The monoisotopic (exact) mass is 640 g/mol. The summed E-state index contributed by atoms with van der Waals surface area (Å²) in [6, 6.07) is 58.5. The second kappa shape index (κ2) is 11.4. The largest absolute Gasteiger partial charge is 0.455 e. The van der Waals surface area contributed by atoms with E-state index in [1.54, 1.807) is 0 Å². The summed E-state index contributed by atoms with van der Waals surface area (Å²) in [7, 11) is 0. The van der Waals surface area contributed by atoms with Crippen LogP contribution >= 0.6 is 0 Å². The highest BCUT2D eigenvalue weighted by atomic mass is 16.3. The summed E-state index contributed by atoms with van der Waals surface area (Å²) >= 11 is 0. The summed E-state index contributed by atoms with van der Waals surface area (Å²) in [6.45, 7) is 0. The molecule has 0 aliphatic heterocycles. The molecule has 0 atom stereocenters. The fraction of sp³-hybridized carbons (Fsp3) is 0. The third-order valence-electron chi connectivity index (χ3n) is 9.46. The minimum absolute atomic E-state index is 0.620. The summed E-state index contributed by atoms with van der Waals surface area (Å²) in [5.41, 5.74) is 9.93. The molecule has 0 aliphatic carbocycles. The number of benzene rings is 7. The highest BCUT2D eigenvalue weighted by molar-refractivity contribution is 6.14. The van der Waals surface area contributed by atoms with E-state index in [9.17, 15) is 0 Å². The van der Waals surface area contributed by atoms with Gasteiger partial charge in [0.05, 0.1) is 11.0 Å². The molecule has 0 radical (unpaired) electrons. The Bertz CT molecular complexity index is 2800. The lowest BCUT2D eigenvalue weighted by atomic mass is 10.0. The zero-order valence-electron chi connectivity index (χ0n) is 26.9. The summed E-state index contributed by atoms with van der Waals surface area (Å²) < 4.78 is 8.89. The first-order valence-corrected chi connectivity index (χ1v) is 16.7. The molecule has 5 nitrogen and oxygen atoms in total. The first-order valence-electron chi connectivity index (χ1n) is 16.7. The first kappa shape index (κ1) is 28.2. The molecule has 3 aromatic heterocycles. The van der Waals surface area contributed by atoms with Crippen molar-refractivity contribution in [2.75, 3.05) is 0 Å². The van der Waals surface area contributed by atoms with Gasteiger partial charge in [-0.25, -0.2) is 15.0 Å². The lowest BCUT2D eigenvalue weighted by Gasteiger charge is -2.13. The van der Waals surface area contributed by atoms with Crippen LogP contribution < -0.4 is 0 Å². The van der Waals surface area contributed by atoms with Crippen LogP contribution in [0.1, 0.15) is 0 Å². The Hall–Kier alpha value is -6.85. The molecule has 0 amide bonds. The molecule has 10 aromatic rings. The highest BCUT2D eigenvalue weighted by Gasteiger charge is 2.21. The van der Waals surface area contributed by atoms with Crippen molar-refractivity contribution in [3.8, 4) is 51.0 Å². The van der Waals surface area contributed by atoms with Crippen LogP contribution in [-0.4, -0.2) is 19.5 Å². The number of nitrogens with zero attached hydrogens (tertiary/aromatic N) is 4. The van der Waals surface area contributed by atoms with Crippen LogP contribution in [0.3, 0.4) is 0 Å². The third-order valence-corrected chi connectivity index (χ3v) is 9.46. The lowest BCUT2D eigenvalue weighted by molar-refractivity contribution is 0.670. The number of furan rings is 1. The third kappa shape index (κ3) is 4.52. The number of para-hydroxylation sites is 3. The van der Waals surface area contributed by atoms with E-state index >= 15 is 0 Å². The van der Waals surface area contributed by atoms with Gasteiger partial charge in [0.2, 0.25) is 0 Å². The van der Waals surface area contributed by atoms with E-state index in [2.05, 4.69) is 108 Å². The Kier molecular flexibility index (Phi) is 6.42. The van der Waals surface area contributed by atoms with Gasteiger partial charge in [0, 0.05) is 49.5 Å². The van der Waals surface area contributed by atoms with E-state index in [-0.39, 0.29) is 0 Å². The average molecular weight is 641 g/mol. The van der Waals surface area contributed by atoms with Crippen molar-refractivity contribution in [3.63, 3.8) is 0 Å². The molecule has 0 bridgehead atoms. The number of hydrogen-bond donors (Lipinski definition) is 0. The Labute approximate surface area is 287 Å². The molecule has 0 saturated heterocycles. The Morgan fingerprint density at radius 1 is 0.400 bits per heavy atom. The van der Waals surface area contributed by atoms with Gasteiger partial charge in [-0.1, -0.05) is 140 Å². The van der Waals surface area contributed by atoms with Crippen LogP contribution in [0.5, 0.6) is 0 Å². The van der Waals surface area contributed by atoms with Crippen LogP contribution in [0.25, 0.3) is 94.7 Å². The minimum Gasteiger partial charge on any atom is -0.455 e. The molecule has 0 unspecified atom stereocenters. The number of fused-ring (bicyclic) bond motifs is 6. The molecule has 0 aliphatic rings. The normalized spacial score (nSPS) is 11.6. The Morgan fingerprint density at radius 2 is 0.960 bits per heavy atom. The van der Waals surface area contributed by atoms with Crippen molar-refractivity contribution in [2.24, 2.45) is 0 Å². The zero-order valence-corrected chi connectivity index (χ0v) is 26.9. The smallest absolute Gasteiger partial charge is 0.166 e. The van der Waals surface area contributed by atoms with Gasteiger partial charge >= 0.3 is 0 Å². The van der Waals surface area contributed by atoms with Crippen LogP contribution in [0.15, 0.2) is 174 Å². The van der Waals surface area contributed by atoms with Crippen molar-refractivity contribution in [3.05, 3.63) is 170 Å². The SMILES string of the molecule is c1ccc(-c2nc(-c3ccccc3)nc(-c3cccc4c5ccccc5n(-c5ccc6oc7c(-c8ccccc8)cccc7c6c5)c34)n2)cc1. The molecule has 0 fully saturated rings. The van der Waals surface area contributed by atoms with Gasteiger partial charge in [0.15, 0.2) is 17.5 Å². The predicted octanol–water partition coefficient (Wildman–Crippen LogP) is 11.5. The summed E-state index contributed by atoms with van der Waals surface area (Å²) in [5, 5.41) is 4.44. The quantitative estimate of drug-likeness (QED) is 0.188. The summed E-state index contributed by atoms with van der Waals surface area (Å²) in [5.74, 6) is 1.89. The van der Waals surface area contributed by atoms with Crippen molar-refractivity contribution >= 4 is 43.7 Å². The molecule has 10 rings (SSSR count). The molecule has 0 N–H and O–H groups in total. The number of aromatic nitrogens is 4. The van der Waals surface area contributed by atoms with Crippen LogP contribution in [0, 0.1) is 0 Å². The molecule has 5 heteroatoms. The fourth-order valence-electron chi connectivity index (χ4n) is 7.17. The second-order valence-corrected chi connectivity index (χ2v) is 12.4. The van der Waals surface area contributed by atoms with E-state index in [4.69, 9.17) is 19.4 Å². The Balaban J connectivity index is 1.24. The summed E-state index contributed by atoms with van der Waals surface area (Å²) in [4.78, 5) is 15.2. The number of hydrogen-bond acceptors (Lipinski definition) is 4. The van der Waals surface area contributed by atoms with Gasteiger partial charge in [-0.2, -0.15) is 0 Å². The number of rotatable bonds is 5. The Morgan fingerprint density at radius 3 is 1.66 bits per heavy atom. The van der Waals surface area contributed by atoms with Crippen LogP contribution in [-0.2, 0) is 0 Å². The molecular formula is C45H28N4O. The first-order chi connectivity index (χ1) is 24.8. The standard InChI is InChI=1S/C45H28N4O/c1-4-14-29(15-5-1)33-21-12-23-36-38-28-32(26-27-40(38)50-42(33)36)49-39-25-11-10-20-34(39)35-22-13-24-37(41(35)49)45-47-43(30-16-6-2-7-17-30)46-44(48-45)31-18-8-3-9-19-31/h1-28H. The van der Waals surface area contributed by atoms with Crippen molar-refractivity contribution in [1.82, 2.24) is 19.5 Å². The van der Waals surface area contributed by atoms with E-state index in [1.807, 2.05) is 66.7 Å². The van der Waals surface area contributed by atoms with E-state index in [0.29, 0.717) is 17.5 Å². The highest BCUT2D eigenvalue weighted by Crippen LogP contribution is 2.41. The molecule has 0 saturated carbocycles. The molecule has 234 valence electrons. The van der Waals surface area contributed by atoms with Crippen LogP contribution in [0.2, 0.25) is 0 Å². The average Bonchev–Trinajstić information content (AvgIpc) is 3.74. The molecule has 3 heterocycles. The summed E-state index contributed by atoms with van der Waals surface area (Å²) in [6.07, 6.45) is 0. The maximum absolute atomic E-state index is 6.55. The van der Waals surface area contributed by atoms with E-state index < -0.39 is 0 Å².